The first-order chi connectivity index (χ1) is 23.2. The van der Waals surface area contributed by atoms with Crippen molar-refractivity contribution in [3.05, 3.63) is 35.9 Å². The highest BCUT2D eigenvalue weighted by Gasteiger charge is 2.50. The summed E-state index contributed by atoms with van der Waals surface area (Å²) in [5, 5.41) is 80.0. The lowest BCUT2D eigenvalue weighted by atomic mass is 9.96. The molecule has 2 fully saturated rings. The number of aliphatic hydroxyl groups excluding tert-OH is 7. The Morgan fingerprint density at radius 1 is 0.796 bits per heavy atom. The zero-order chi connectivity index (χ0) is 36.2. The summed E-state index contributed by atoms with van der Waals surface area (Å²) in [7, 11) is 0. The summed E-state index contributed by atoms with van der Waals surface area (Å²) >= 11 is 0. The topological polar surface area (TPSA) is 312 Å². The molecule has 49 heavy (non-hydrogen) atoms. The Morgan fingerprint density at radius 3 is 2.10 bits per heavy atom. The van der Waals surface area contributed by atoms with E-state index in [9.17, 15) is 59.7 Å². The lowest BCUT2D eigenvalue weighted by Gasteiger charge is -2.46. The van der Waals surface area contributed by atoms with Crippen LogP contribution in [0.4, 0.5) is 0 Å². The van der Waals surface area contributed by atoms with Gasteiger partial charge in [0.05, 0.1) is 26.2 Å². The van der Waals surface area contributed by atoms with E-state index < -0.39 is 130 Å². The van der Waals surface area contributed by atoms with Crippen molar-refractivity contribution in [3.8, 4) is 0 Å². The van der Waals surface area contributed by atoms with Crippen LogP contribution in [-0.4, -0.2) is 159 Å². The van der Waals surface area contributed by atoms with E-state index >= 15 is 0 Å². The molecule has 0 aromatic heterocycles. The summed E-state index contributed by atoms with van der Waals surface area (Å²) in [5.41, 5.74) is 0.689. The third kappa shape index (κ3) is 11.4. The molecule has 0 aliphatic carbocycles. The molecule has 2 saturated heterocycles. The van der Waals surface area contributed by atoms with Gasteiger partial charge in [0.1, 0.15) is 68.0 Å². The molecule has 0 radical (unpaired) electrons. The lowest BCUT2D eigenvalue weighted by Crippen LogP contribution is -2.66. The van der Waals surface area contributed by atoms with Gasteiger partial charge < -0.3 is 76.0 Å². The molecule has 2 aliphatic heterocycles. The predicted octanol–water partition coefficient (Wildman–Crippen LogP) is -6.40. The first kappa shape index (κ1) is 39.6. The Hall–Kier alpha value is -3.83. The van der Waals surface area contributed by atoms with Crippen molar-refractivity contribution >= 4 is 29.6 Å². The van der Waals surface area contributed by atoms with Crippen LogP contribution < -0.4 is 21.3 Å². The minimum absolute atomic E-state index is 0.0757. The fourth-order valence-electron chi connectivity index (χ4n) is 4.84. The van der Waals surface area contributed by atoms with E-state index in [0.717, 1.165) is 6.92 Å². The van der Waals surface area contributed by atoms with E-state index in [1.807, 2.05) is 0 Å². The molecule has 2 aliphatic rings. The van der Waals surface area contributed by atoms with Crippen LogP contribution in [0.15, 0.2) is 30.3 Å². The number of carbonyl (C=O) groups is 5. The Bertz CT molecular complexity index is 1270. The lowest BCUT2D eigenvalue weighted by molar-refractivity contribution is -0.343. The number of ether oxygens (including phenoxy) is 4. The molecule has 20 nitrogen and oxygen atoms in total. The van der Waals surface area contributed by atoms with Crippen LogP contribution in [0.1, 0.15) is 18.9 Å². The van der Waals surface area contributed by atoms with Crippen molar-refractivity contribution in [1.29, 1.82) is 0 Å². The number of benzene rings is 1. The van der Waals surface area contributed by atoms with Gasteiger partial charge in [0.25, 0.3) is 0 Å². The van der Waals surface area contributed by atoms with Gasteiger partial charge in [0.15, 0.2) is 12.5 Å². The second kappa shape index (κ2) is 18.8. The molecule has 0 unspecified atom stereocenters. The van der Waals surface area contributed by atoms with Crippen molar-refractivity contribution in [2.24, 2.45) is 0 Å². The highest BCUT2D eigenvalue weighted by atomic mass is 16.7. The average molecular weight is 703 g/mol. The van der Waals surface area contributed by atoms with E-state index in [2.05, 4.69) is 21.3 Å². The summed E-state index contributed by atoms with van der Waals surface area (Å²) in [6.07, 6.45) is -18.1. The number of nitrogens with one attached hydrogen (secondary N) is 4. The minimum atomic E-state index is -1.96. The smallest absolute Gasteiger partial charge is 0.325 e. The molecule has 1 aromatic rings. The number of esters is 1. The second-order valence-electron chi connectivity index (χ2n) is 11.2. The van der Waals surface area contributed by atoms with Gasteiger partial charge in [-0.25, -0.2) is 0 Å². The third-order valence-corrected chi connectivity index (χ3v) is 7.50. The van der Waals surface area contributed by atoms with Crippen LogP contribution in [0, 0.1) is 0 Å². The van der Waals surface area contributed by atoms with Crippen LogP contribution in [0.3, 0.4) is 0 Å². The summed E-state index contributed by atoms with van der Waals surface area (Å²) in [4.78, 5) is 61.7. The molecular weight excluding hydrogens is 660 g/mol. The number of aliphatic hydroxyl groups is 7. The summed E-state index contributed by atoms with van der Waals surface area (Å²) in [6.45, 7) is -1.76. The largest absolute Gasteiger partial charge is 0.460 e. The van der Waals surface area contributed by atoms with Gasteiger partial charge >= 0.3 is 5.97 Å². The van der Waals surface area contributed by atoms with Gasteiger partial charge in [-0.05, 0) is 5.56 Å². The molecular formula is C29H42N4O16. The van der Waals surface area contributed by atoms with Crippen molar-refractivity contribution < 1.29 is 78.7 Å². The SMILES string of the molecule is CC(=O)NCC(=O)N[C@@H](CC(=O)N[C@@H]1O[C@H](CO)[C@@H](O[C@@H]2O[C@H](CO)[C@@H](O)[C@H](O)[C@H]2O)[C@H](O)[C@H]1O)C(=O)NCC(=O)OCc1ccccc1. The van der Waals surface area contributed by atoms with Crippen molar-refractivity contribution in [3.63, 3.8) is 0 Å². The van der Waals surface area contributed by atoms with Gasteiger partial charge in [-0.1, -0.05) is 30.3 Å². The van der Waals surface area contributed by atoms with Gasteiger partial charge in [-0.15, -0.1) is 0 Å². The summed E-state index contributed by atoms with van der Waals surface area (Å²) in [6, 6.07) is 7.06. The fourth-order valence-corrected chi connectivity index (χ4v) is 4.84. The van der Waals surface area contributed by atoms with Crippen molar-refractivity contribution in [1.82, 2.24) is 21.3 Å². The quantitative estimate of drug-likeness (QED) is 0.0757. The predicted molar refractivity (Wildman–Crippen MR) is 159 cm³/mol. The normalized spacial score (nSPS) is 30.4. The summed E-state index contributed by atoms with van der Waals surface area (Å²) < 4.78 is 21.3. The Balaban J connectivity index is 1.62. The maximum Gasteiger partial charge on any atom is 0.325 e. The second-order valence-corrected chi connectivity index (χ2v) is 11.2. The van der Waals surface area contributed by atoms with E-state index in [4.69, 9.17) is 18.9 Å². The van der Waals surface area contributed by atoms with E-state index in [1.54, 1.807) is 30.3 Å². The number of amides is 4. The standard InChI is InChI=1S/C29H42N4O16/c1-13(36)30-8-19(38)32-15(27(45)31-9-20(39)46-12-14-5-3-2-4-6-14)7-18(37)33-28-24(43)23(42)26(17(11-35)47-28)49-29-25(44)22(41)21(40)16(10-34)48-29/h2-6,15-17,21-26,28-29,34-35,40-44H,7-12H2,1H3,(H,30,36)(H,31,45)(H,32,38)(H,33,37)/t15-,16+,17+,21+,22-,23+,24+,25+,26+,28+,29-/m0/s1. The zero-order valence-electron chi connectivity index (χ0n) is 26.3. The summed E-state index contributed by atoms with van der Waals surface area (Å²) in [5.74, 6) is -4.26. The van der Waals surface area contributed by atoms with Crippen molar-refractivity contribution in [2.45, 2.75) is 87.3 Å². The van der Waals surface area contributed by atoms with E-state index in [1.165, 1.54) is 0 Å². The molecule has 1 aromatic carbocycles. The number of hydrogen-bond donors (Lipinski definition) is 11. The molecule has 0 saturated carbocycles. The Morgan fingerprint density at radius 2 is 1.47 bits per heavy atom. The van der Waals surface area contributed by atoms with E-state index in [0.29, 0.717) is 5.56 Å². The Kier molecular flexibility index (Phi) is 15.2. The van der Waals surface area contributed by atoms with Crippen LogP contribution in [0.25, 0.3) is 0 Å². The maximum atomic E-state index is 13.0. The van der Waals surface area contributed by atoms with Gasteiger partial charge in [0, 0.05) is 6.92 Å². The van der Waals surface area contributed by atoms with Gasteiger partial charge in [-0.2, -0.15) is 0 Å². The molecule has 274 valence electrons. The number of hydrogen-bond acceptors (Lipinski definition) is 16. The fraction of sp³-hybridized carbons (Fsp3) is 0.621. The maximum absolute atomic E-state index is 13.0. The first-order valence-corrected chi connectivity index (χ1v) is 15.1. The third-order valence-electron chi connectivity index (χ3n) is 7.50. The van der Waals surface area contributed by atoms with Gasteiger partial charge in [-0.3, -0.25) is 24.0 Å². The van der Waals surface area contributed by atoms with Crippen LogP contribution in [0.5, 0.6) is 0 Å². The molecule has 2 heterocycles. The first-order valence-electron chi connectivity index (χ1n) is 15.1. The van der Waals surface area contributed by atoms with Gasteiger partial charge in [0.2, 0.25) is 23.6 Å². The zero-order valence-corrected chi connectivity index (χ0v) is 26.3. The number of rotatable bonds is 15. The van der Waals surface area contributed by atoms with E-state index in [-0.39, 0.29) is 6.61 Å². The molecule has 0 bridgehead atoms. The highest BCUT2D eigenvalue weighted by Crippen LogP contribution is 2.28. The van der Waals surface area contributed by atoms with Crippen LogP contribution in [-0.2, 0) is 49.5 Å². The minimum Gasteiger partial charge on any atom is -0.460 e. The molecule has 11 N–H and O–H groups in total. The average Bonchev–Trinajstić information content (AvgIpc) is 3.08. The molecule has 0 spiro atoms. The molecule has 11 atom stereocenters. The Labute approximate surface area is 279 Å². The highest BCUT2D eigenvalue weighted by molar-refractivity contribution is 5.94. The van der Waals surface area contributed by atoms with Crippen LogP contribution in [0.2, 0.25) is 0 Å². The molecule has 20 heteroatoms. The molecule has 3 rings (SSSR count). The van der Waals surface area contributed by atoms with Crippen LogP contribution >= 0.6 is 0 Å². The molecule has 4 amide bonds. The van der Waals surface area contributed by atoms with Crippen molar-refractivity contribution in [2.75, 3.05) is 26.3 Å². The number of carbonyl (C=O) groups excluding carboxylic acids is 5. The monoisotopic (exact) mass is 702 g/mol.